The van der Waals surface area contributed by atoms with Crippen molar-refractivity contribution < 1.29 is 0 Å². The number of aromatic nitrogens is 1. The van der Waals surface area contributed by atoms with E-state index in [0.717, 1.165) is 23.7 Å². The third-order valence-corrected chi connectivity index (χ3v) is 4.24. The summed E-state index contributed by atoms with van der Waals surface area (Å²) in [5.74, 6) is 0.707. The number of pyridine rings is 1. The maximum Gasteiger partial charge on any atom is 0.0410 e. The number of nitrogens with zero attached hydrogens (tertiary/aromatic N) is 1. The van der Waals surface area contributed by atoms with E-state index in [9.17, 15) is 0 Å². The quantitative estimate of drug-likeness (QED) is 0.899. The minimum atomic E-state index is -0.0797. The zero-order chi connectivity index (χ0) is 13.4. The number of nitrogens with two attached hydrogens (primary N) is 1. The maximum absolute atomic E-state index is 6.66. The smallest absolute Gasteiger partial charge is 0.0410 e. The lowest BCUT2D eigenvalue weighted by Crippen LogP contribution is -2.50. The molecule has 1 aliphatic rings. The molecule has 0 amide bonds. The van der Waals surface area contributed by atoms with Gasteiger partial charge in [-0.15, -0.1) is 0 Å². The van der Waals surface area contributed by atoms with E-state index in [1.165, 1.54) is 12.0 Å². The standard InChI is InChI=1S/C15H23BrN2/c1-11-5-14(2,3)10-15(17,6-11)7-12-4-13(16)9-18-8-12/h4,8-9,11H,5-7,10,17H2,1-3H3. The molecule has 0 bridgehead atoms. The van der Waals surface area contributed by atoms with E-state index in [2.05, 4.69) is 47.8 Å². The summed E-state index contributed by atoms with van der Waals surface area (Å²) in [7, 11) is 0. The molecule has 2 nitrogen and oxygen atoms in total. The molecule has 2 rings (SSSR count). The van der Waals surface area contributed by atoms with Gasteiger partial charge in [0.2, 0.25) is 0 Å². The highest BCUT2D eigenvalue weighted by molar-refractivity contribution is 9.10. The van der Waals surface area contributed by atoms with Crippen LogP contribution in [0.5, 0.6) is 0 Å². The summed E-state index contributed by atoms with van der Waals surface area (Å²) in [5.41, 5.74) is 8.17. The molecule has 0 aromatic carbocycles. The summed E-state index contributed by atoms with van der Waals surface area (Å²) < 4.78 is 1.03. The van der Waals surface area contributed by atoms with Crippen LogP contribution in [0, 0.1) is 11.3 Å². The average molecular weight is 311 g/mol. The van der Waals surface area contributed by atoms with Crippen LogP contribution in [-0.2, 0) is 6.42 Å². The second kappa shape index (κ2) is 4.93. The Morgan fingerprint density at radius 2 is 2.11 bits per heavy atom. The van der Waals surface area contributed by atoms with Crippen molar-refractivity contribution in [3.63, 3.8) is 0 Å². The summed E-state index contributed by atoms with van der Waals surface area (Å²) in [5, 5.41) is 0. The van der Waals surface area contributed by atoms with Crippen LogP contribution >= 0.6 is 15.9 Å². The molecule has 1 aromatic rings. The van der Waals surface area contributed by atoms with Gasteiger partial charge in [-0.05, 0) is 64.6 Å². The van der Waals surface area contributed by atoms with E-state index in [0.29, 0.717) is 11.3 Å². The van der Waals surface area contributed by atoms with Crippen LogP contribution < -0.4 is 5.73 Å². The molecule has 1 heterocycles. The highest BCUT2D eigenvalue weighted by Crippen LogP contribution is 2.43. The Balaban J connectivity index is 2.16. The van der Waals surface area contributed by atoms with Crippen LogP contribution in [0.4, 0.5) is 0 Å². The van der Waals surface area contributed by atoms with Crippen LogP contribution in [0.1, 0.15) is 45.6 Å². The molecule has 1 saturated carbocycles. The normalized spacial score (nSPS) is 31.3. The van der Waals surface area contributed by atoms with Gasteiger partial charge in [-0.1, -0.05) is 20.8 Å². The van der Waals surface area contributed by atoms with Crippen molar-refractivity contribution in [2.75, 3.05) is 0 Å². The topological polar surface area (TPSA) is 38.9 Å². The fraction of sp³-hybridized carbons (Fsp3) is 0.667. The Labute approximate surface area is 119 Å². The molecule has 0 aliphatic heterocycles. The molecule has 1 fully saturated rings. The molecule has 1 aliphatic carbocycles. The summed E-state index contributed by atoms with van der Waals surface area (Å²) >= 11 is 3.48. The van der Waals surface area contributed by atoms with Gasteiger partial charge in [0, 0.05) is 22.4 Å². The lowest BCUT2D eigenvalue weighted by molar-refractivity contribution is 0.108. The summed E-state index contributed by atoms with van der Waals surface area (Å²) in [6, 6.07) is 2.13. The largest absolute Gasteiger partial charge is 0.325 e. The molecular formula is C15H23BrN2. The monoisotopic (exact) mass is 310 g/mol. The van der Waals surface area contributed by atoms with Gasteiger partial charge >= 0.3 is 0 Å². The van der Waals surface area contributed by atoms with Crippen molar-refractivity contribution in [2.45, 2.75) is 52.0 Å². The molecule has 2 N–H and O–H groups in total. The third kappa shape index (κ3) is 3.55. The first-order chi connectivity index (χ1) is 8.28. The molecule has 100 valence electrons. The SMILES string of the molecule is CC1CC(C)(C)CC(N)(Cc2cncc(Br)c2)C1. The second-order valence-electron chi connectivity index (χ2n) is 6.90. The van der Waals surface area contributed by atoms with Crippen molar-refractivity contribution in [3.8, 4) is 0 Å². The molecule has 2 unspecified atom stereocenters. The van der Waals surface area contributed by atoms with Gasteiger partial charge in [0.25, 0.3) is 0 Å². The van der Waals surface area contributed by atoms with Crippen molar-refractivity contribution in [2.24, 2.45) is 17.1 Å². The van der Waals surface area contributed by atoms with Crippen molar-refractivity contribution in [1.82, 2.24) is 4.98 Å². The molecule has 18 heavy (non-hydrogen) atoms. The Bertz CT molecular complexity index is 430. The Hall–Kier alpha value is -0.410. The maximum atomic E-state index is 6.66. The Morgan fingerprint density at radius 3 is 2.72 bits per heavy atom. The Kier molecular flexibility index (Phi) is 3.84. The predicted octanol–water partition coefficient (Wildman–Crippen LogP) is 3.93. The highest BCUT2D eigenvalue weighted by Gasteiger charge is 2.40. The zero-order valence-corrected chi connectivity index (χ0v) is 13.1. The number of hydrogen-bond donors (Lipinski definition) is 1. The molecule has 0 radical (unpaired) electrons. The van der Waals surface area contributed by atoms with E-state index >= 15 is 0 Å². The van der Waals surface area contributed by atoms with E-state index in [4.69, 9.17) is 5.73 Å². The van der Waals surface area contributed by atoms with Gasteiger partial charge in [0.05, 0.1) is 0 Å². The van der Waals surface area contributed by atoms with Gasteiger partial charge in [-0.2, -0.15) is 0 Å². The van der Waals surface area contributed by atoms with Crippen LogP contribution in [0.15, 0.2) is 22.9 Å². The molecule has 3 heteroatoms. The number of halogens is 1. The summed E-state index contributed by atoms with van der Waals surface area (Å²) in [6.07, 6.45) is 8.17. The molecular weight excluding hydrogens is 288 g/mol. The van der Waals surface area contributed by atoms with Gasteiger partial charge < -0.3 is 5.73 Å². The van der Waals surface area contributed by atoms with Gasteiger partial charge in [0.15, 0.2) is 0 Å². The molecule has 0 spiro atoms. The fourth-order valence-corrected chi connectivity index (χ4v) is 4.31. The lowest BCUT2D eigenvalue weighted by atomic mass is 9.63. The fourth-order valence-electron chi connectivity index (χ4n) is 3.90. The van der Waals surface area contributed by atoms with Gasteiger partial charge in [0.1, 0.15) is 0 Å². The third-order valence-electron chi connectivity index (χ3n) is 3.80. The first-order valence-corrected chi connectivity index (χ1v) is 7.46. The van der Waals surface area contributed by atoms with E-state index in [1.54, 1.807) is 0 Å². The molecule has 0 saturated heterocycles. The van der Waals surface area contributed by atoms with Crippen molar-refractivity contribution in [1.29, 1.82) is 0 Å². The van der Waals surface area contributed by atoms with E-state index in [1.807, 2.05) is 12.4 Å². The zero-order valence-electron chi connectivity index (χ0n) is 11.5. The van der Waals surface area contributed by atoms with Crippen LogP contribution in [0.25, 0.3) is 0 Å². The Morgan fingerprint density at radius 1 is 1.39 bits per heavy atom. The van der Waals surface area contributed by atoms with Crippen molar-refractivity contribution in [3.05, 3.63) is 28.5 Å². The average Bonchev–Trinajstić information content (AvgIpc) is 2.11. The van der Waals surface area contributed by atoms with Crippen LogP contribution in [-0.4, -0.2) is 10.5 Å². The molecule has 1 aromatic heterocycles. The van der Waals surface area contributed by atoms with Crippen molar-refractivity contribution >= 4 is 15.9 Å². The van der Waals surface area contributed by atoms with Gasteiger partial charge in [-0.3, -0.25) is 4.98 Å². The van der Waals surface area contributed by atoms with Gasteiger partial charge in [-0.25, -0.2) is 0 Å². The van der Waals surface area contributed by atoms with Crippen LogP contribution in [0.3, 0.4) is 0 Å². The number of rotatable bonds is 2. The lowest BCUT2D eigenvalue weighted by Gasteiger charge is -2.45. The minimum Gasteiger partial charge on any atom is -0.325 e. The summed E-state index contributed by atoms with van der Waals surface area (Å²) in [6.45, 7) is 6.99. The number of hydrogen-bond acceptors (Lipinski definition) is 2. The van der Waals surface area contributed by atoms with Crippen LogP contribution in [0.2, 0.25) is 0 Å². The van der Waals surface area contributed by atoms with E-state index < -0.39 is 0 Å². The first kappa shape index (κ1) is 14.0. The second-order valence-corrected chi connectivity index (χ2v) is 7.82. The minimum absolute atomic E-state index is 0.0797. The predicted molar refractivity (Wildman–Crippen MR) is 79.4 cm³/mol. The van der Waals surface area contributed by atoms with E-state index in [-0.39, 0.29) is 5.54 Å². The first-order valence-electron chi connectivity index (χ1n) is 6.66. The molecule has 2 atom stereocenters. The summed E-state index contributed by atoms with van der Waals surface area (Å²) in [4.78, 5) is 4.23. The highest BCUT2D eigenvalue weighted by atomic mass is 79.9.